The average Bonchev–Trinajstić information content (AvgIpc) is 3.15. The molecule has 0 spiro atoms. The zero-order valence-corrected chi connectivity index (χ0v) is 36.2. The predicted octanol–water partition coefficient (Wildman–Crippen LogP) is 13.7. The lowest BCUT2D eigenvalue weighted by Crippen LogP contribution is -2.28. The Bertz CT molecular complexity index is 787. The summed E-state index contributed by atoms with van der Waals surface area (Å²) in [5, 5.41) is 0. The van der Waals surface area contributed by atoms with E-state index in [2.05, 4.69) is 13.8 Å². The molecule has 0 aromatic rings. The van der Waals surface area contributed by atoms with Crippen LogP contribution in [-0.2, 0) is 27.9 Å². The maximum atomic E-state index is 12.6. The van der Waals surface area contributed by atoms with Crippen LogP contribution < -0.4 is 5.73 Å². The van der Waals surface area contributed by atoms with Gasteiger partial charge in [-0.25, -0.2) is 4.57 Å². The zero-order valence-electron chi connectivity index (χ0n) is 35.3. The summed E-state index contributed by atoms with van der Waals surface area (Å²) in [5.74, 6) is -0.324. The van der Waals surface area contributed by atoms with Crippen molar-refractivity contribution in [3.63, 3.8) is 0 Å². The second kappa shape index (κ2) is 42.6. The summed E-state index contributed by atoms with van der Waals surface area (Å²) in [7, 11) is -4.27. The minimum absolute atomic E-state index is 0.0900. The van der Waals surface area contributed by atoms with E-state index < -0.39 is 13.9 Å². The monoisotopic (exact) mass is 776 g/mol. The minimum atomic E-state index is -4.27. The Kier molecular flexibility index (Phi) is 42.2. The Labute approximate surface area is 329 Å². The first-order valence-corrected chi connectivity index (χ1v) is 24.5. The lowest BCUT2D eigenvalue weighted by molar-refractivity contribution is -0.154. The number of nitrogens with two attached hydrogens (primary N) is 1. The summed E-state index contributed by atoms with van der Waals surface area (Å²) in [5.41, 5.74) is 5.37. The number of phosphoric ester groups is 1. The number of carbonyl (C=O) groups excluding carboxylic acids is 1. The van der Waals surface area contributed by atoms with Crippen molar-refractivity contribution >= 4 is 13.8 Å². The highest BCUT2D eigenvalue weighted by atomic mass is 31.2. The van der Waals surface area contributed by atoms with Gasteiger partial charge in [-0.15, -0.1) is 0 Å². The summed E-state index contributed by atoms with van der Waals surface area (Å²) >= 11 is 0. The van der Waals surface area contributed by atoms with Gasteiger partial charge in [0.1, 0.15) is 6.10 Å². The smallest absolute Gasteiger partial charge is 0.457 e. The lowest BCUT2D eigenvalue weighted by Gasteiger charge is -2.20. The largest absolute Gasteiger partial charge is 0.472 e. The van der Waals surface area contributed by atoms with Crippen LogP contribution in [-0.4, -0.2) is 49.9 Å². The van der Waals surface area contributed by atoms with Crippen molar-refractivity contribution in [2.45, 2.75) is 245 Å². The van der Waals surface area contributed by atoms with Crippen molar-refractivity contribution in [2.75, 3.05) is 33.0 Å². The SMILES string of the molecule is CCCCCCCCCCCCCCCCCCCCCCOCC(COP(=O)(O)OCCN)OC(=O)CCCCCCCCCCCCCCCC. The molecule has 0 rings (SSSR count). The molecule has 0 aliphatic carbocycles. The van der Waals surface area contributed by atoms with Crippen molar-refractivity contribution in [3.8, 4) is 0 Å². The van der Waals surface area contributed by atoms with Gasteiger partial charge in [0.15, 0.2) is 0 Å². The fourth-order valence-electron chi connectivity index (χ4n) is 6.88. The van der Waals surface area contributed by atoms with Gasteiger partial charge in [-0.05, 0) is 12.8 Å². The van der Waals surface area contributed by atoms with E-state index in [0.29, 0.717) is 13.0 Å². The standard InChI is InChI=1S/C44H90NO7P/c1-3-5-7-9-11-13-15-17-19-20-21-22-23-24-26-28-30-32-34-36-39-49-41-43(42-51-53(47,48)50-40-38-45)52-44(46)37-35-33-31-29-27-25-18-16-14-12-10-8-6-4-2/h43H,3-42,45H2,1-2H3,(H,47,48). The molecular formula is C44H90NO7P. The van der Waals surface area contributed by atoms with Gasteiger partial charge in [0.2, 0.25) is 0 Å². The Morgan fingerprint density at radius 3 is 1.19 bits per heavy atom. The van der Waals surface area contributed by atoms with Crippen molar-refractivity contribution in [1.29, 1.82) is 0 Å². The molecule has 0 aromatic heterocycles. The molecule has 0 aliphatic heterocycles. The number of hydrogen-bond donors (Lipinski definition) is 2. The van der Waals surface area contributed by atoms with Gasteiger partial charge in [0, 0.05) is 19.6 Å². The fourth-order valence-corrected chi connectivity index (χ4v) is 7.65. The highest BCUT2D eigenvalue weighted by Gasteiger charge is 2.25. The maximum Gasteiger partial charge on any atom is 0.472 e. The van der Waals surface area contributed by atoms with Crippen molar-refractivity contribution in [1.82, 2.24) is 0 Å². The number of carbonyl (C=O) groups is 1. The van der Waals surface area contributed by atoms with E-state index in [0.717, 1.165) is 32.1 Å². The van der Waals surface area contributed by atoms with E-state index in [1.165, 1.54) is 186 Å². The topological polar surface area (TPSA) is 117 Å². The van der Waals surface area contributed by atoms with Crippen LogP contribution in [0.5, 0.6) is 0 Å². The molecule has 2 atom stereocenters. The van der Waals surface area contributed by atoms with Crippen LogP contribution in [0, 0.1) is 0 Å². The number of rotatable bonds is 45. The van der Waals surface area contributed by atoms with Crippen LogP contribution in [0.3, 0.4) is 0 Å². The number of phosphoric acid groups is 1. The van der Waals surface area contributed by atoms with Crippen molar-refractivity contribution in [3.05, 3.63) is 0 Å². The number of esters is 1. The van der Waals surface area contributed by atoms with Gasteiger partial charge < -0.3 is 20.1 Å². The molecule has 0 saturated carbocycles. The molecule has 9 heteroatoms. The Morgan fingerprint density at radius 1 is 0.491 bits per heavy atom. The quantitative estimate of drug-likeness (QED) is 0.0357. The third kappa shape index (κ3) is 42.5. The van der Waals surface area contributed by atoms with Crippen LogP contribution in [0.1, 0.15) is 239 Å². The van der Waals surface area contributed by atoms with Gasteiger partial charge >= 0.3 is 13.8 Å². The summed E-state index contributed by atoms with van der Waals surface area (Å²) in [4.78, 5) is 22.5. The third-order valence-electron chi connectivity index (χ3n) is 10.3. The molecule has 0 bridgehead atoms. The molecule has 318 valence electrons. The fraction of sp³-hybridized carbons (Fsp3) is 0.977. The minimum Gasteiger partial charge on any atom is -0.457 e. The van der Waals surface area contributed by atoms with Gasteiger partial charge in [0.25, 0.3) is 0 Å². The molecule has 0 amide bonds. The molecule has 3 N–H and O–H groups in total. The van der Waals surface area contributed by atoms with Crippen LogP contribution in [0.25, 0.3) is 0 Å². The normalized spacial score (nSPS) is 13.4. The van der Waals surface area contributed by atoms with Gasteiger partial charge in [-0.3, -0.25) is 13.8 Å². The van der Waals surface area contributed by atoms with Gasteiger partial charge in [-0.2, -0.15) is 0 Å². The molecule has 0 fully saturated rings. The third-order valence-corrected chi connectivity index (χ3v) is 11.3. The summed E-state index contributed by atoms with van der Waals surface area (Å²) in [6.45, 7) is 4.99. The highest BCUT2D eigenvalue weighted by Crippen LogP contribution is 2.43. The van der Waals surface area contributed by atoms with Crippen molar-refractivity contribution in [2.24, 2.45) is 5.73 Å². The van der Waals surface area contributed by atoms with Crippen LogP contribution in [0.15, 0.2) is 0 Å². The van der Waals surface area contributed by atoms with E-state index >= 15 is 0 Å². The van der Waals surface area contributed by atoms with Crippen LogP contribution in [0.4, 0.5) is 0 Å². The first-order chi connectivity index (χ1) is 25.9. The van der Waals surface area contributed by atoms with E-state index in [-0.39, 0.29) is 32.3 Å². The van der Waals surface area contributed by atoms with Gasteiger partial charge in [-0.1, -0.05) is 219 Å². The molecule has 53 heavy (non-hydrogen) atoms. The van der Waals surface area contributed by atoms with Gasteiger partial charge in [0.05, 0.1) is 19.8 Å². The maximum absolute atomic E-state index is 12.6. The molecule has 0 aliphatic rings. The lowest BCUT2D eigenvalue weighted by atomic mass is 10.0. The molecule has 0 aromatic carbocycles. The Balaban J connectivity index is 3.91. The molecular weight excluding hydrogens is 685 g/mol. The predicted molar refractivity (Wildman–Crippen MR) is 224 cm³/mol. The van der Waals surface area contributed by atoms with Crippen molar-refractivity contribution < 1.29 is 32.8 Å². The molecule has 8 nitrogen and oxygen atoms in total. The zero-order chi connectivity index (χ0) is 38.8. The average molecular weight is 776 g/mol. The second-order valence-corrected chi connectivity index (χ2v) is 17.1. The number of ether oxygens (including phenoxy) is 2. The number of unbranched alkanes of at least 4 members (excludes halogenated alkanes) is 32. The summed E-state index contributed by atoms with van der Waals surface area (Å²) < 4.78 is 33.5. The Hall–Kier alpha value is -0.500. The first kappa shape index (κ1) is 52.5. The van der Waals surface area contributed by atoms with E-state index in [4.69, 9.17) is 24.3 Å². The Morgan fingerprint density at radius 2 is 0.830 bits per heavy atom. The number of hydrogen-bond acceptors (Lipinski definition) is 7. The van der Waals surface area contributed by atoms with E-state index in [1.54, 1.807) is 0 Å². The van der Waals surface area contributed by atoms with Crippen LogP contribution >= 0.6 is 7.82 Å². The molecule has 0 radical (unpaired) electrons. The van der Waals surface area contributed by atoms with Crippen LogP contribution in [0.2, 0.25) is 0 Å². The molecule has 2 unspecified atom stereocenters. The molecule has 0 saturated heterocycles. The van der Waals surface area contributed by atoms with E-state index in [1.807, 2.05) is 0 Å². The molecule has 0 heterocycles. The summed E-state index contributed by atoms with van der Waals surface area (Å²) in [6.07, 6.45) is 44.1. The summed E-state index contributed by atoms with van der Waals surface area (Å²) in [6, 6.07) is 0. The second-order valence-electron chi connectivity index (χ2n) is 15.6. The van der Waals surface area contributed by atoms with E-state index in [9.17, 15) is 14.3 Å². The first-order valence-electron chi connectivity index (χ1n) is 23.0. The highest BCUT2D eigenvalue weighted by molar-refractivity contribution is 7.47.